The van der Waals surface area contributed by atoms with Gasteiger partial charge in [-0.05, 0) is 32.1 Å². The van der Waals surface area contributed by atoms with Gasteiger partial charge in [-0.15, -0.1) is 11.3 Å². The Balaban J connectivity index is 1.94. The molecule has 0 saturated heterocycles. The van der Waals surface area contributed by atoms with Crippen molar-refractivity contribution >= 4 is 23.2 Å². The third kappa shape index (κ3) is 4.92. The maximum atomic E-state index is 12.3. The highest BCUT2D eigenvalue weighted by molar-refractivity contribution is 7.13. The second-order valence-electron chi connectivity index (χ2n) is 6.26. The maximum Gasteiger partial charge on any atom is 0.305 e. The van der Waals surface area contributed by atoms with Crippen molar-refractivity contribution in [2.24, 2.45) is 0 Å². The number of carbonyl (C=O) groups is 2. The zero-order chi connectivity index (χ0) is 19.3. The minimum Gasteiger partial charge on any atom is -0.454 e. The van der Waals surface area contributed by atoms with Crippen LogP contribution in [-0.4, -0.2) is 34.8 Å². The van der Waals surface area contributed by atoms with Crippen LogP contribution in [0.4, 0.5) is 0 Å². The zero-order valence-electron chi connectivity index (χ0n) is 15.9. The largest absolute Gasteiger partial charge is 0.454 e. The van der Waals surface area contributed by atoms with Crippen molar-refractivity contribution in [1.29, 1.82) is 0 Å². The maximum absolute atomic E-state index is 12.3. The van der Waals surface area contributed by atoms with Crippen LogP contribution < -0.4 is 10.9 Å². The molecular formula is C18H26N4O3S. The second-order valence-corrected chi connectivity index (χ2v) is 7.29. The molecule has 0 aliphatic carbocycles. The van der Waals surface area contributed by atoms with Gasteiger partial charge in [-0.1, -0.05) is 27.7 Å². The van der Waals surface area contributed by atoms with E-state index in [9.17, 15) is 9.59 Å². The van der Waals surface area contributed by atoms with E-state index in [2.05, 4.69) is 34.6 Å². The van der Waals surface area contributed by atoms with Crippen molar-refractivity contribution in [3.05, 3.63) is 39.2 Å². The molecule has 0 saturated carbocycles. The molecule has 2 heterocycles. The highest BCUT2D eigenvalue weighted by Gasteiger charge is 2.18. The summed E-state index contributed by atoms with van der Waals surface area (Å²) in [6.07, 6.45) is 0. The smallest absolute Gasteiger partial charge is 0.305 e. The number of thiazole rings is 1. The summed E-state index contributed by atoms with van der Waals surface area (Å²) in [4.78, 5) is 31.5. The summed E-state index contributed by atoms with van der Waals surface area (Å²) in [6.45, 7) is 12.4. The lowest BCUT2D eigenvalue weighted by Crippen LogP contribution is -2.41. The Morgan fingerprint density at radius 3 is 2.42 bits per heavy atom. The predicted octanol–water partition coefficient (Wildman–Crippen LogP) is 3.08. The fraction of sp³-hybridized carbons (Fsp3) is 0.500. The fourth-order valence-electron chi connectivity index (χ4n) is 2.36. The number of hydrazine groups is 1. The molecule has 2 amide bonds. The number of carbonyl (C=O) groups excluding carboxylic acids is 2. The van der Waals surface area contributed by atoms with E-state index in [1.165, 1.54) is 11.3 Å². The van der Waals surface area contributed by atoms with Crippen molar-refractivity contribution in [3.63, 3.8) is 0 Å². The van der Waals surface area contributed by atoms with E-state index >= 15 is 0 Å². The van der Waals surface area contributed by atoms with Gasteiger partial charge in [0.25, 0.3) is 5.91 Å². The first kappa shape index (κ1) is 20.1. The average Bonchev–Trinajstić information content (AvgIpc) is 3.24. The lowest BCUT2D eigenvalue weighted by atomic mass is 10.2. The van der Waals surface area contributed by atoms with E-state index in [0.717, 1.165) is 18.1 Å². The molecule has 0 bridgehead atoms. The molecule has 0 aliphatic heterocycles. The van der Waals surface area contributed by atoms with E-state index in [4.69, 9.17) is 4.42 Å². The highest BCUT2D eigenvalue weighted by atomic mass is 32.1. The van der Waals surface area contributed by atoms with Gasteiger partial charge < -0.3 is 4.42 Å². The molecule has 7 nitrogen and oxygen atoms in total. The summed E-state index contributed by atoms with van der Waals surface area (Å²) in [5.41, 5.74) is 5.47. The van der Waals surface area contributed by atoms with E-state index in [1.807, 2.05) is 13.8 Å². The monoisotopic (exact) mass is 378 g/mol. The third-order valence-corrected chi connectivity index (χ3v) is 5.42. The molecule has 2 rings (SSSR count). The van der Waals surface area contributed by atoms with Gasteiger partial charge in [-0.2, -0.15) is 0 Å². The summed E-state index contributed by atoms with van der Waals surface area (Å²) in [5, 5.41) is 0.894. The lowest BCUT2D eigenvalue weighted by Gasteiger charge is -2.15. The van der Waals surface area contributed by atoms with Gasteiger partial charge in [0.15, 0.2) is 5.76 Å². The number of nitrogens with one attached hydrogen (secondary N) is 2. The molecule has 0 unspecified atom stereocenters. The molecule has 8 heteroatoms. The van der Waals surface area contributed by atoms with Gasteiger partial charge in [0.2, 0.25) is 0 Å². The molecule has 142 valence electrons. The van der Waals surface area contributed by atoms with Crippen molar-refractivity contribution in [2.45, 2.75) is 47.1 Å². The average molecular weight is 378 g/mol. The summed E-state index contributed by atoms with van der Waals surface area (Å²) in [7, 11) is 0. The summed E-state index contributed by atoms with van der Waals surface area (Å²) < 4.78 is 5.56. The predicted molar refractivity (Wildman–Crippen MR) is 101 cm³/mol. The normalized spacial score (nSPS) is 11.2. The van der Waals surface area contributed by atoms with E-state index < -0.39 is 5.91 Å². The Morgan fingerprint density at radius 2 is 1.85 bits per heavy atom. The molecule has 0 radical (unpaired) electrons. The lowest BCUT2D eigenvalue weighted by molar-refractivity contribution is 0.0830. The number of nitrogens with zero attached hydrogens (tertiary/aromatic N) is 2. The van der Waals surface area contributed by atoms with Crippen LogP contribution in [0.15, 0.2) is 16.5 Å². The van der Waals surface area contributed by atoms with Crippen LogP contribution in [0.5, 0.6) is 0 Å². The van der Waals surface area contributed by atoms with Gasteiger partial charge >= 0.3 is 5.91 Å². The molecule has 0 spiro atoms. The number of aryl methyl sites for hydroxylation is 1. The first-order valence-electron chi connectivity index (χ1n) is 8.74. The second kappa shape index (κ2) is 8.95. The molecule has 0 atom stereocenters. The number of hydrogen-bond acceptors (Lipinski definition) is 6. The van der Waals surface area contributed by atoms with Crippen LogP contribution in [-0.2, 0) is 6.54 Å². The summed E-state index contributed by atoms with van der Waals surface area (Å²) in [6, 6.07) is 3.38. The molecule has 26 heavy (non-hydrogen) atoms. The van der Waals surface area contributed by atoms with Crippen LogP contribution in [0.3, 0.4) is 0 Å². The minimum absolute atomic E-state index is 0.163. The molecule has 2 aromatic rings. The van der Waals surface area contributed by atoms with E-state index in [0.29, 0.717) is 22.9 Å². The summed E-state index contributed by atoms with van der Waals surface area (Å²) >= 11 is 1.34. The van der Waals surface area contributed by atoms with E-state index in [-0.39, 0.29) is 17.6 Å². The van der Waals surface area contributed by atoms with Gasteiger partial charge in [0.05, 0.1) is 17.2 Å². The number of hydrogen-bond donors (Lipinski definition) is 2. The first-order valence-corrected chi connectivity index (χ1v) is 9.56. The Kier molecular flexibility index (Phi) is 6.93. The van der Waals surface area contributed by atoms with Crippen LogP contribution in [0, 0.1) is 6.92 Å². The van der Waals surface area contributed by atoms with Crippen molar-refractivity contribution in [2.75, 3.05) is 13.1 Å². The number of aromatic nitrogens is 1. The molecule has 2 aromatic heterocycles. The Labute approximate surface area is 157 Å². The van der Waals surface area contributed by atoms with Crippen molar-refractivity contribution in [1.82, 2.24) is 20.7 Å². The molecule has 0 aromatic carbocycles. The van der Waals surface area contributed by atoms with Crippen LogP contribution in [0.1, 0.15) is 70.3 Å². The van der Waals surface area contributed by atoms with Crippen LogP contribution in [0.2, 0.25) is 0 Å². The minimum atomic E-state index is -0.490. The number of amides is 2. The van der Waals surface area contributed by atoms with Gasteiger partial charge in [0.1, 0.15) is 10.6 Å². The van der Waals surface area contributed by atoms with Crippen LogP contribution >= 0.6 is 11.3 Å². The molecular weight excluding hydrogens is 352 g/mol. The van der Waals surface area contributed by atoms with Gasteiger partial charge in [0, 0.05) is 5.92 Å². The SMILES string of the molecule is CCN(CC)Cc1ccc(C(=O)NNC(=O)c2sc(C(C)C)nc2C)o1. The highest BCUT2D eigenvalue weighted by Crippen LogP contribution is 2.24. The Bertz CT molecular complexity index is 762. The van der Waals surface area contributed by atoms with Crippen molar-refractivity contribution < 1.29 is 14.0 Å². The van der Waals surface area contributed by atoms with Gasteiger partial charge in [-0.25, -0.2) is 4.98 Å². The Morgan fingerprint density at radius 1 is 1.19 bits per heavy atom. The summed E-state index contributed by atoms with van der Waals surface area (Å²) in [5.74, 6) is 0.258. The topological polar surface area (TPSA) is 87.5 Å². The number of furan rings is 1. The van der Waals surface area contributed by atoms with Gasteiger partial charge in [-0.3, -0.25) is 25.3 Å². The van der Waals surface area contributed by atoms with Crippen LogP contribution in [0.25, 0.3) is 0 Å². The molecule has 0 fully saturated rings. The Hall–Kier alpha value is -2.19. The third-order valence-electron chi connectivity index (χ3n) is 3.96. The number of rotatable bonds is 7. The zero-order valence-corrected chi connectivity index (χ0v) is 16.7. The standard InChI is InChI=1S/C18H26N4O3S/c1-6-22(7-2)10-13-8-9-14(25-13)16(23)20-21-17(24)15-12(5)19-18(26-15)11(3)4/h8-9,11H,6-7,10H2,1-5H3,(H,20,23)(H,21,24). The van der Waals surface area contributed by atoms with E-state index in [1.54, 1.807) is 19.1 Å². The molecule has 0 aliphatic rings. The quantitative estimate of drug-likeness (QED) is 0.723. The molecule has 2 N–H and O–H groups in total. The van der Waals surface area contributed by atoms with Crippen molar-refractivity contribution in [3.8, 4) is 0 Å². The first-order chi connectivity index (χ1) is 12.3. The fourth-order valence-corrected chi connectivity index (χ4v) is 3.32.